The molecule has 0 saturated heterocycles. The Labute approximate surface area is 107 Å². The normalized spacial score (nSPS) is 10.1. The largest absolute Gasteiger partial charge is 0.478 e. The number of carbonyl (C=O) groups is 2. The molecule has 4 nitrogen and oxygen atoms in total. The van der Waals surface area contributed by atoms with Crippen LogP contribution in [0.5, 0.6) is 0 Å². The van der Waals surface area contributed by atoms with E-state index in [2.05, 4.69) is 12.2 Å². The summed E-state index contributed by atoms with van der Waals surface area (Å²) in [7, 11) is 0. The van der Waals surface area contributed by atoms with Crippen molar-refractivity contribution in [1.29, 1.82) is 0 Å². The molecule has 0 aromatic heterocycles. The minimum Gasteiger partial charge on any atom is -0.478 e. The van der Waals surface area contributed by atoms with Crippen molar-refractivity contribution in [1.82, 2.24) is 5.32 Å². The van der Waals surface area contributed by atoms with Crippen LogP contribution in [0.2, 0.25) is 0 Å². The number of carboxylic acids is 1. The van der Waals surface area contributed by atoms with Crippen LogP contribution in [-0.2, 0) is 11.2 Å². The first-order valence-corrected chi connectivity index (χ1v) is 6.22. The molecule has 1 aromatic carbocycles. The average molecular weight is 249 g/mol. The van der Waals surface area contributed by atoms with E-state index < -0.39 is 5.97 Å². The van der Waals surface area contributed by atoms with Crippen LogP contribution >= 0.6 is 0 Å². The second-order valence-corrected chi connectivity index (χ2v) is 4.21. The van der Waals surface area contributed by atoms with E-state index in [4.69, 9.17) is 5.11 Å². The fourth-order valence-corrected chi connectivity index (χ4v) is 1.59. The van der Waals surface area contributed by atoms with Gasteiger partial charge in [0.1, 0.15) is 0 Å². The highest BCUT2D eigenvalue weighted by Gasteiger charge is 2.02. The second kappa shape index (κ2) is 7.48. The summed E-state index contributed by atoms with van der Waals surface area (Å²) >= 11 is 0. The van der Waals surface area contributed by atoms with Gasteiger partial charge in [0.05, 0.1) is 5.56 Å². The Hall–Kier alpha value is -1.84. The van der Waals surface area contributed by atoms with Gasteiger partial charge in [0, 0.05) is 13.0 Å². The molecule has 4 heteroatoms. The molecule has 18 heavy (non-hydrogen) atoms. The SMILES string of the molecule is CCCCC(=O)NCCc1ccc(C(=O)O)cc1. The Morgan fingerprint density at radius 2 is 1.89 bits per heavy atom. The van der Waals surface area contributed by atoms with Gasteiger partial charge in [0.2, 0.25) is 5.91 Å². The number of hydrogen-bond donors (Lipinski definition) is 2. The first-order chi connectivity index (χ1) is 8.63. The third-order valence-electron chi connectivity index (χ3n) is 2.69. The van der Waals surface area contributed by atoms with Crippen LogP contribution in [0.1, 0.15) is 42.1 Å². The number of carbonyl (C=O) groups excluding carboxylic acids is 1. The minimum absolute atomic E-state index is 0.0824. The van der Waals surface area contributed by atoms with Crippen molar-refractivity contribution in [2.75, 3.05) is 6.54 Å². The lowest BCUT2D eigenvalue weighted by Crippen LogP contribution is -2.25. The molecular formula is C14H19NO3. The average Bonchev–Trinajstić information content (AvgIpc) is 2.37. The van der Waals surface area contributed by atoms with Crippen molar-refractivity contribution < 1.29 is 14.7 Å². The molecule has 1 amide bonds. The summed E-state index contributed by atoms with van der Waals surface area (Å²) < 4.78 is 0. The summed E-state index contributed by atoms with van der Waals surface area (Å²) in [6.07, 6.45) is 3.23. The molecule has 0 unspecified atom stereocenters. The molecule has 0 spiro atoms. The first kappa shape index (κ1) is 14.2. The molecule has 0 aliphatic heterocycles. The fourth-order valence-electron chi connectivity index (χ4n) is 1.59. The summed E-state index contributed by atoms with van der Waals surface area (Å²) in [5.74, 6) is -0.839. The van der Waals surface area contributed by atoms with Crippen LogP contribution < -0.4 is 5.32 Å². The maximum atomic E-state index is 11.3. The monoisotopic (exact) mass is 249 g/mol. The molecule has 1 rings (SSSR count). The van der Waals surface area contributed by atoms with Crippen molar-refractivity contribution >= 4 is 11.9 Å². The van der Waals surface area contributed by atoms with Crippen molar-refractivity contribution in [2.45, 2.75) is 32.6 Å². The first-order valence-electron chi connectivity index (χ1n) is 6.22. The molecular weight excluding hydrogens is 230 g/mol. The molecule has 0 radical (unpaired) electrons. The van der Waals surface area contributed by atoms with Gasteiger partial charge in [-0.1, -0.05) is 25.5 Å². The number of amides is 1. The third kappa shape index (κ3) is 4.99. The van der Waals surface area contributed by atoms with E-state index in [1.165, 1.54) is 0 Å². The zero-order valence-electron chi connectivity index (χ0n) is 10.6. The number of aromatic carboxylic acids is 1. The van der Waals surface area contributed by atoms with Crippen LogP contribution in [0.25, 0.3) is 0 Å². The van der Waals surface area contributed by atoms with E-state index >= 15 is 0 Å². The van der Waals surface area contributed by atoms with Crippen molar-refractivity contribution in [3.05, 3.63) is 35.4 Å². The van der Waals surface area contributed by atoms with Crippen molar-refractivity contribution in [2.24, 2.45) is 0 Å². The lowest BCUT2D eigenvalue weighted by atomic mass is 10.1. The molecule has 0 heterocycles. The predicted octanol–water partition coefficient (Wildman–Crippen LogP) is 2.23. The van der Waals surface area contributed by atoms with Gasteiger partial charge < -0.3 is 10.4 Å². The van der Waals surface area contributed by atoms with E-state index in [-0.39, 0.29) is 11.5 Å². The number of carboxylic acid groups (broad SMARTS) is 1. The van der Waals surface area contributed by atoms with E-state index in [1.54, 1.807) is 24.3 Å². The molecule has 0 saturated carbocycles. The van der Waals surface area contributed by atoms with Gasteiger partial charge in [-0.3, -0.25) is 4.79 Å². The fraction of sp³-hybridized carbons (Fsp3) is 0.429. The lowest BCUT2D eigenvalue weighted by molar-refractivity contribution is -0.121. The van der Waals surface area contributed by atoms with Gasteiger partial charge in [-0.25, -0.2) is 4.79 Å². The van der Waals surface area contributed by atoms with Crippen LogP contribution in [0.4, 0.5) is 0 Å². The van der Waals surface area contributed by atoms with E-state index in [0.29, 0.717) is 13.0 Å². The highest BCUT2D eigenvalue weighted by atomic mass is 16.4. The topological polar surface area (TPSA) is 66.4 Å². The number of hydrogen-bond acceptors (Lipinski definition) is 2. The predicted molar refractivity (Wildman–Crippen MR) is 69.6 cm³/mol. The number of nitrogens with one attached hydrogen (secondary N) is 1. The van der Waals surface area contributed by atoms with E-state index in [1.807, 2.05) is 0 Å². The Kier molecular flexibility index (Phi) is 5.91. The lowest BCUT2D eigenvalue weighted by Gasteiger charge is -2.05. The number of unbranched alkanes of at least 4 members (excludes halogenated alkanes) is 1. The maximum Gasteiger partial charge on any atom is 0.335 e. The summed E-state index contributed by atoms with van der Waals surface area (Å²) in [4.78, 5) is 22.0. The van der Waals surface area contributed by atoms with Gasteiger partial charge in [0.25, 0.3) is 0 Å². The Bertz CT molecular complexity index is 398. The van der Waals surface area contributed by atoms with Crippen molar-refractivity contribution in [3.63, 3.8) is 0 Å². The van der Waals surface area contributed by atoms with Crippen LogP contribution in [0.3, 0.4) is 0 Å². The van der Waals surface area contributed by atoms with Gasteiger partial charge in [-0.05, 0) is 30.5 Å². The molecule has 2 N–H and O–H groups in total. The van der Waals surface area contributed by atoms with E-state index in [9.17, 15) is 9.59 Å². The third-order valence-corrected chi connectivity index (χ3v) is 2.69. The highest BCUT2D eigenvalue weighted by molar-refractivity contribution is 5.87. The van der Waals surface area contributed by atoms with Gasteiger partial charge >= 0.3 is 5.97 Å². The number of rotatable bonds is 7. The Morgan fingerprint density at radius 3 is 2.44 bits per heavy atom. The summed E-state index contributed by atoms with van der Waals surface area (Å²) in [6, 6.07) is 6.72. The zero-order chi connectivity index (χ0) is 13.4. The summed E-state index contributed by atoms with van der Waals surface area (Å²) in [5.41, 5.74) is 1.31. The van der Waals surface area contributed by atoms with E-state index in [0.717, 1.165) is 24.8 Å². The van der Waals surface area contributed by atoms with Crippen molar-refractivity contribution in [3.8, 4) is 0 Å². The molecule has 98 valence electrons. The Balaban J connectivity index is 2.31. The molecule has 0 aliphatic rings. The zero-order valence-corrected chi connectivity index (χ0v) is 10.6. The van der Waals surface area contributed by atoms with Crippen LogP contribution in [-0.4, -0.2) is 23.5 Å². The highest BCUT2D eigenvalue weighted by Crippen LogP contribution is 2.04. The smallest absolute Gasteiger partial charge is 0.335 e. The molecule has 0 atom stereocenters. The van der Waals surface area contributed by atoms with Crippen LogP contribution in [0, 0.1) is 0 Å². The molecule has 0 fully saturated rings. The number of benzene rings is 1. The minimum atomic E-state index is -0.922. The van der Waals surface area contributed by atoms with Gasteiger partial charge in [-0.2, -0.15) is 0 Å². The standard InChI is InChI=1S/C14H19NO3/c1-2-3-4-13(16)15-10-9-11-5-7-12(8-6-11)14(17)18/h5-8H,2-4,9-10H2,1H3,(H,15,16)(H,17,18). The van der Waals surface area contributed by atoms with Gasteiger partial charge in [0.15, 0.2) is 0 Å². The maximum absolute atomic E-state index is 11.3. The summed E-state index contributed by atoms with van der Waals surface area (Å²) in [5, 5.41) is 11.6. The quantitative estimate of drug-likeness (QED) is 0.778. The summed E-state index contributed by atoms with van der Waals surface area (Å²) in [6.45, 7) is 2.65. The molecule has 0 bridgehead atoms. The molecule has 1 aromatic rings. The van der Waals surface area contributed by atoms with Crippen LogP contribution in [0.15, 0.2) is 24.3 Å². The second-order valence-electron chi connectivity index (χ2n) is 4.21. The molecule has 0 aliphatic carbocycles. The Morgan fingerprint density at radius 1 is 1.22 bits per heavy atom. The van der Waals surface area contributed by atoms with Gasteiger partial charge in [-0.15, -0.1) is 0 Å².